The SMILES string of the molecule is CC(C)CC(CNC(=O)C1CCC1)N1CCCCC1. The highest BCUT2D eigenvalue weighted by Gasteiger charge is 2.27. The average molecular weight is 266 g/mol. The standard InChI is InChI=1S/C16H30N2O/c1-13(2)11-15(18-9-4-3-5-10-18)12-17-16(19)14-7-6-8-14/h13-15H,3-12H2,1-2H3,(H,17,19). The van der Waals surface area contributed by atoms with Crippen molar-refractivity contribution >= 4 is 5.91 Å². The molecule has 2 fully saturated rings. The van der Waals surface area contributed by atoms with Gasteiger partial charge in [-0.15, -0.1) is 0 Å². The number of nitrogens with one attached hydrogen (secondary N) is 1. The number of rotatable bonds is 6. The van der Waals surface area contributed by atoms with Crippen molar-refractivity contribution in [3.8, 4) is 0 Å². The molecule has 3 heteroatoms. The van der Waals surface area contributed by atoms with Crippen LogP contribution in [0.1, 0.15) is 58.8 Å². The zero-order valence-corrected chi connectivity index (χ0v) is 12.7. The fraction of sp³-hybridized carbons (Fsp3) is 0.938. The second-order valence-electron chi connectivity index (χ2n) is 6.75. The summed E-state index contributed by atoms with van der Waals surface area (Å²) in [4.78, 5) is 14.6. The van der Waals surface area contributed by atoms with Crippen molar-refractivity contribution in [2.45, 2.75) is 64.8 Å². The topological polar surface area (TPSA) is 32.3 Å². The van der Waals surface area contributed by atoms with E-state index in [1.54, 1.807) is 0 Å². The predicted octanol–water partition coefficient (Wildman–Crippen LogP) is 2.80. The molecular weight excluding hydrogens is 236 g/mol. The van der Waals surface area contributed by atoms with Gasteiger partial charge in [-0.2, -0.15) is 0 Å². The lowest BCUT2D eigenvalue weighted by Gasteiger charge is -2.36. The summed E-state index contributed by atoms with van der Waals surface area (Å²) in [5.74, 6) is 1.32. The summed E-state index contributed by atoms with van der Waals surface area (Å²) in [5, 5.41) is 3.21. The van der Waals surface area contributed by atoms with Gasteiger partial charge >= 0.3 is 0 Å². The van der Waals surface area contributed by atoms with Gasteiger partial charge in [-0.05, 0) is 51.1 Å². The van der Waals surface area contributed by atoms with Crippen LogP contribution >= 0.6 is 0 Å². The molecule has 1 N–H and O–H groups in total. The van der Waals surface area contributed by atoms with E-state index in [1.807, 2.05) is 0 Å². The summed E-state index contributed by atoms with van der Waals surface area (Å²) >= 11 is 0. The maximum absolute atomic E-state index is 12.0. The minimum absolute atomic E-state index is 0.303. The van der Waals surface area contributed by atoms with E-state index in [-0.39, 0.29) is 0 Å². The first-order valence-corrected chi connectivity index (χ1v) is 8.18. The number of likely N-dealkylation sites (tertiary alicyclic amines) is 1. The van der Waals surface area contributed by atoms with Crippen LogP contribution in [-0.4, -0.2) is 36.5 Å². The van der Waals surface area contributed by atoms with Crippen LogP contribution in [0.5, 0.6) is 0 Å². The van der Waals surface area contributed by atoms with E-state index >= 15 is 0 Å². The van der Waals surface area contributed by atoms with Gasteiger partial charge in [0.05, 0.1) is 0 Å². The largest absolute Gasteiger partial charge is 0.354 e. The van der Waals surface area contributed by atoms with Crippen LogP contribution in [0, 0.1) is 11.8 Å². The summed E-state index contributed by atoms with van der Waals surface area (Å²) in [6.07, 6.45) is 8.66. The van der Waals surface area contributed by atoms with Crippen LogP contribution in [0.4, 0.5) is 0 Å². The van der Waals surface area contributed by atoms with E-state index in [0.29, 0.717) is 23.8 Å². The van der Waals surface area contributed by atoms with Crippen molar-refractivity contribution < 1.29 is 4.79 Å². The molecule has 1 atom stereocenters. The molecule has 1 saturated carbocycles. The molecule has 2 rings (SSSR count). The third kappa shape index (κ3) is 4.48. The Kier molecular flexibility index (Phi) is 5.68. The fourth-order valence-corrected chi connectivity index (χ4v) is 3.22. The number of hydrogen-bond donors (Lipinski definition) is 1. The second kappa shape index (κ2) is 7.28. The maximum Gasteiger partial charge on any atom is 0.223 e. The first kappa shape index (κ1) is 14.8. The summed E-state index contributed by atoms with van der Waals surface area (Å²) in [6, 6.07) is 0.546. The van der Waals surface area contributed by atoms with Crippen molar-refractivity contribution in [1.82, 2.24) is 10.2 Å². The Morgan fingerprint density at radius 2 is 1.84 bits per heavy atom. The number of amides is 1. The lowest BCUT2D eigenvalue weighted by atomic mass is 9.85. The highest BCUT2D eigenvalue weighted by atomic mass is 16.1. The van der Waals surface area contributed by atoms with Crippen LogP contribution in [0.3, 0.4) is 0 Å². The number of nitrogens with zero attached hydrogens (tertiary/aromatic N) is 1. The Morgan fingerprint density at radius 3 is 2.37 bits per heavy atom. The van der Waals surface area contributed by atoms with E-state index in [0.717, 1.165) is 19.4 Å². The predicted molar refractivity (Wildman–Crippen MR) is 79.0 cm³/mol. The molecule has 1 saturated heterocycles. The molecule has 1 aliphatic carbocycles. The molecule has 19 heavy (non-hydrogen) atoms. The Bertz CT molecular complexity index is 280. The molecular formula is C16H30N2O. The van der Waals surface area contributed by atoms with Gasteiger partial charge in [0, 0.05) is 18.5 Å². The zero-order valence-electron chi connectivity index (χ0n) is 12.7. The van der Waals surface area contributed by atoms with Crippen molar-refractivity contribution in [2.75, 3.05) is 19.6 Å². The normalized spacial score (nSPS) is 23.1. The highest BCUT2D eigenvalue weighted by Crippen LogP contribution is 2.26. The lowest BCUT2D eigenvalue weighted by Crippen LogP contribution is -2.48. The van der Waals surface area contributed by atoms with E-state index < -0.39 is 0 Å². The van der Waals surface area contributed by atoms with Crippen molar-refractivity contribution in [3.63, 3.8) is 0 Å². The van der Waals surface area contributed by atoms with Gasteiger partial charge in [0.15, 0.2) is 0 Å². The van der Waals surface area contributed by atoms with Gasteiger partial charge in [0.1, 0.15) is 0 Å². The molecule has 0 spiro atoms. The monoisotopic (exact) mass is 266 g/mol. The summed E-state index contributed by atoms with van der Waals surface area (Å²) < 4.78 is 0. The van der Waals surface area contributed by atoms with Crippen LogP contribution in [0.15, 0.2) is 0 Å². The van der Waals surface area contributed by atoms with Crippen LogP contribution < -0.4 is 5.32 Å². The van der Waals surface area contributed by atoms with E-state index in [9.17, 15) is 4.79 Å². The molecule has 0 radical (unpaired) electrons. The molecule has 110 valence electrons. The van der Waals surface area contributed by atoms with E-state index in [1.165, 1.54) is 45.2 Å². The van der Waals surface area contributed by atoms with E-state index in [4.69, 9.17) is 0 Å². The smallest absolute Gasteiger partial charge is 0.223 e. The Labute approximate surface area is 118 Å². The Balaban J connectivity index is 1.80. The van der Waals surface area contributed by atoms with Crippen LogP contribution in [-0.2, 0) is 4.79 Å². The van der Waals surface area contributed by atoms with Gasteiger partial charge in [-0.3, -0.25) is 9.69 Å². The third-order valence-corrected chi connectivity index (χ3v) is 4.64. The molecule has 1 aliphatic heterocycles. The van der Waals surface area contributed by atoms with Gasteiger partial charge < -0.3 is 5.32 Å². The average Bonchev–Trinajstić information content (AvgIpc) is 2.33. The number of piperidine rings is 1. The molecule has 1 unspecified atom stereocenters. The quantitative estimate of drug-likeness (QED) is 0.802. The molecule has 0 bridgehead atoms. The van der Waals surface area contributed by atoms with E-state index in [2.05, 4.69) is 24.1 Å². The van der Waals surface area contributed by atoms with Crippen LogP contribution in [0.25, 0.3) is 0 Å². The molecule has 0 aromatic rings. The molecule has 1 heterocycles. The first-order chi connectivity index (χ1) is 9.16. The minimum atomic E-state index is 0.303. The Morgan fingerprint density at radius 1 is 1.16 bits per heavy atom. The van der Waals surface area contributed by atoms with Crippen molar-refractivity contribution in [2.24, 2.45) is 11.8 Å². The molecule has 0 aromatic heterocycles. The van der Waals surface area contributed by atoms with Gasteiger partial charge in [-0.25, -0.2) is 0 Å². The van der Waals surface area contributed by atoms with Crippen LogP contribution in [0.2, 0.25) is 0 Å². The summed E-state index contributed by atoms with van der Waals surface area (Å²) in [6.45, 7) is 7.86. The minimum Gasteiger partial charge on any atom is -0.354 e. The number of hydrogen-bond acceptors (Lipinski definition) is 2. The van der Waals surface area contributed by atoms with Gasteiger partial charge in [-0.1, -0.05) is 26.7 Å². The molecule has 3 nitrogen and oxygen atoms in total. The highest BCUT2D eigenvalue weighted by molar-refractivity contribution is 5.79. The summed E-state index contributed by atoms with van der Waals surface area (Å²) in [5.41, 5.74) is 0. The molecule has 2 aliphatic rings. The maximum atomic E-state index is 12.0. The van der Waals surface area contributed by atoms with Crippen molar-refractivity contribution in [3.05, 3.63) is 0 Å². The number of carbonyl (C=O) groups excluding carboxylic acids is 1. The molecule has 0 aromatic carbocycles. The second-order valence-corrected chi connectivity index (χ2v) is 6.75. The third-order valence-electron chi connectivity index (χ3n) is 4.64. The number of carbonyl (C=O) groups is 1. The fourth-order valence-electron chi connectivity index (χ4n) is 3.22. The Hall–Kier alpha value is -0.570. The first-order valence-electron chi connectivity index (χ1n) is 8.18. The molecule has 1 amide bonds. The summed E-state index contributed by atoms with van der Waals surface area (Å²) in [7, 11) is 0. The lowest BCUT2D eigenvalue weighted by molar-refractivity contribution is -0.127. The van der Waals surface area contributed by atoms with Crippen molar-refractivity contribution in [1.29, 1.82) is 0 Å². The van der Waals surface area contributed by atoms with Gasteiger partial charge in [0.25, 0.3) is 0 Å². The van der Waals surface area contributed by atoms with Gasteiger partial charge in [0.2, 0.25) is 5.91 Å². The zero-order chi connectivity index (χ0) is 13.7.